The molecule has 0 radical (unpaired) electrons. The van der Waals surface area contributed by atoms with Crippen LogP contribution in [0.4, 0.5) is 0 Å². The molecular weight excluding hydrogens is 292 g/mol. The Bertz CT molecular complexity index is 543. The number of aryl methyl sites for hydroxylation is 1. The van der Waals surface area contributed by atoms with Crippen molar-refractivity contribution in [2.24, 2.45) is 0 Å². The van der Waals surface area contributed by atoms with Gasteiger partial charge in [0, 0.05) is 12.7 Å². The van der Waals surface area contributed by atoms with E-state index in [9.17, 15) is 0 Å². The molecule has 1 aromatic carbocycles. The third kappa shape index (κ3) is 3.09. The summed E-state index contributed by atoms with van der Waals surface area (Å²) in [5.74, 6) is 1.57. The summed E-state index contributed by atoms with van der Waals surface area (Å²) < 4.78 is 6.79. The largest absolute Gasteiger partial charge is 0.454 e. The van der Waals surface area contributed by atoms with Crippen molar-refractivity contribution in [2.45, 2.75) is 13.5 Å². The van der Waals surface area contributed by atoms with Crippen LogP contribution in [0.1, 0.15) is 11.3 Å². The summed E-state index contributed by atoms with van der Waals surface area (Å²) in [6.45, 7) is 2.77. The molecule has 0 spiro atoms. The van der Waals surface area contributed by atoms with Crippen LogP contribution in [0.3, 0.4) is 0 Å². The maximum atomic E-state index is 5.84. The Morgan fingerprint density at radius 1 is 1.28 bits per heavy atom. The highest BCUT2D eigenvalue weighted by molar-refractivity contribution is 9.10. The van der Waals surface area contributed by atoms with E-state index in [1.54, 1.807) is 6.20 Å². The van der Waals surface area contributed by atoms with E-state index in [2.05, 4.69) is 32.3 Å². The molecule has 0 saturated heterocycles. The Hall–Kier alpha value is -1.39. The Balaban J connectivity index is 2.22. The minimum Gasteiger partial charge on any atom is -0.454 e. The first kappa shape index (κ1) is 13.1. The number of hydrogen-bond acceptors (Lipinski definition) is 3. The van der Waals surface area contributed by atoms with Crippen molar-refractivity contribution in [1.82, 2.24) is 10.3 Å². The van der Waals surface area contributed by atoms with Crippen molar-refractivity contribution >= 4 is 15.9 Å². The van der Waals surface area contributed by atoms with Crippen LogP contribution >= 0.6 is 15.9 Å². The van der Waals surface area contributed by atoms with E-state index in [1.165, 1.54) is 5.56 Å². The van der Waals surface area contributed by atoms with Gasteiger partial charge in [0.05, 0.1) is 10.2 Å². The van der Waals surface area contributed by atoms with E-state index in [4.69, 9.17) is 4.74 Å². The first-order valence-corrected chi connectivity index (χ1v) is 6.52. The summed E-state index contributed by atoms with van der Waals surface area (Å²) in [5, 5.41) is 3.12. The second-order valence-corrected chi connectivity index (χ2v) is 4.84. The number of ether oxygens (including phenoxy) is 1. The molecule has 1 heterocycles. The van der Waals surface area contributed by atoms with E-state index in [-0.39, 0.29) is 0 Å². The maximum absolute atomic E-state index is 5.84. The van der Waals surface area contributed by atoms with Gasteiger partial charge < -0.3 is 10.1 Å². The molecule has 0 bridgehead atoms. The highest BCUT2D eigenvalue weighted by atomic mass is 79.9. The van der Waals surface area contributed by atoms with Crippen LogP contribution < -0.4 is 10.1 Å². The summed E-state index contributed by atoms with van der Waals surface area (Å²) in [4.78, 5) is 4.20. The van der Waals surface area contributed by atoms with E-state index >= 15 is 0 Å². The van der Waals surface area contributed by atoms with Gasteiger partial charge in [0.1, 0.15) is 11.5 Å². The molecule has 0 atom stereocenters. The molecule has 1 aromatic heterocycles. The molecule has 2 rings (SSSR count). The predicted molar refractivity (Wildman–Crippen MR) is 76.0 cm³/mol. The molecule has 0 aliphatic heterocycles. The van der Waals surface area contributed by atoms with Gasteiger partial charge in [-0.2, -0.15) is 0 Å². The van der Waals surface area contributed by atoms with Crippen LogP contribution in [0.15, 0.2) is 41.0 Å². The zero-order valence-corrected chi connectivity index (χ0v) is 12.0. The predicted octanol–water partition coefficient (Wildman–Crippen LogP) is 3.66. The van der Waals surface area contributed by atoms with Gasteiger partial charge in [0.15, 0.2) is 0 Å². The Morgan fingerprint density at radius 2 is 2.11 bits per heavy atom. The molecule has 0 amide bonds. The minimum absolute atomic E-state index is 0.777. The molecule has 4 heteroatoms. The molecule has 18 heavy (non-hydrogen) atoms. The van der Waals surface area contributed by atoms with Gasteiger partial charge in [0.2, 0.25) is 0 Å². The molecule has 0 unspecified atom stereocenters. The first-order valence-electron chi connectivity index (χ1n) is 5.73. The average Bonchev–Trinajstić information content (AvgIpc) is 2.35. The summed E-state index contributed by atoms with van der Waals surface area (Å²) >= 11 is 3.53. The number of nitrogens with one attached hydrogen (secondary N) is 1. The van der Waals surface area contributed by atoms with Gasteiger partial charge in [0.25, 0.3) is 0 Å². The number of benzene rings is 1. The Morgan fingerprint density at radius 3 is 2.78 bits per heavy atom. The molecule has 94 valence electrons. The van der Waals surface area contributed by atoms with Gasteiger partial charge in [-0.15, -0.1) is 0 Å². The third-order valence-corrected chi connectivity index (χ3v) is 3.18. The molecule has 2 aromatic rings. The summed E-state index contributed by atoms with van der Waals surface area (Å²) in [5.41, 5.74) is 2.09. The summed E-state index contributed by atoms with van der Waals surface area (Å²) in [6, 6.07) is 9.84. The molecule has 0 fully saturated rings. The Kier molecular flexibility index (Phi) is 4.33. The highest BCUT2D eigenvalue weighted by Gasteiger charge is 2.06. The summed E-state index contributed by atoms with van der Waals surface area (Å²) in [7, 11) is 1.93. The fourth-order valence-electron chi connectivity index (χ4n) is 1.64. The standard InChI is InChI=1S/C14H15BrN2O/c1-10-13(4-3-7-17-10)18-14-6-5-11(9-16-2)8-12(14)15/h3-8,16H,9H2,1-2H3. The topological polar surface area (TPSA) is 34.1 Å². The van der Waals surface area contributed by atoms with Crippen LogP contribution in [-0.4, -0.2) is 12.0 Å². The normalized spacial score (nSPS) is 10.4. The minimum atomic E-state index is 0.777. The molecule has 3 nitrogen and oxygen atoms in total. The van der Waals surface area contributed by atoms with Gasteiger partial charge in [-0.3, -0.25) is 4.98 Å². The van der Waals surface area contributed by atoms with Crippen LogP contribution in [0, 0.1) is 6.92 Å². The maximum Gasteiger partial charge on any atom is 0.148 e. The van der Waals surface area contributed by atoms with Crippen molar-refractivity contribution in [3.05, 3.63) is 52.3 Å². The quantitative estimate of drug-likeness (QED) is 0.936. The average molecular weight is 307 g/mol. The second-order valence-electron chi connectivity index (χ2n) is 3.98. The van der Waals surface area contributed by atoms with Crippen molar-refractivity contribution in [3.63, 3.8) is 0 Å². The number of rotatable bonds is 4. The molecule has 1 N–H and O–H groups in total. The lowest BCUT2D eigenvalue weighted by Gasteiger charge is -2.10. The fraction of sp³-hybridized carbons (Fsp3) is 0.214. The van der Waals surface area contributed by atoms with E-state index in [0.717, 1.165) is 28.2 Å². The number of nitrogens with zero attached hydrogens (tertiary/aromatic N) is 1. The number of halogens is 1. The smallest absolute Gasteiger partial charge is 0.148 e. The molecule has 0 aliphatic carbocycles. The van der Waals surface area contributed by atoms with Crippen molar-refractivity contribution in [3.8, 4) is 11.5 Å². The Labute approximate surface area is 115 Å². The second kappa shape index (κ2) is 5.98. The van der Waals surface area contributed by atoms with Gasteiger partial charge in [-0.05, 0) is 59.7 Å². The van der Waals surface area contributed by atoms with E-state index < -0.39 is 0 Å². The van der Waals surface area contributed by atoms with Gasteiger partial charge in [-0.1, -0.05) is 6.07 Å². The van der Waals surface area contributed by atoms with Crippen LogP contribution in [0.2, 0.25) is 0 Å². The molecule has 0 saturated carbocycles. The third-order valence-electron chi connectivity index (χ3n) is 2.56. The number of pyridine rings is 1. The zero-order chi connectivity index (χ0) is 13.0. The number of aromatic nitrogens is 1. The molecular formula is C14H15BrN2O. The monoisotopic (exact) mass is 306 g/mol. The van der Waals surface area contributed by atoms with Crippen LogP contribution in [0.5, 0.6) is 11.5 Å². The lowest BCUT2D eigenvalue weighted by Crippen LogP contribution is -2.04. The van der Waals surface area contributed by atoms with Gasteiger partial charge in [-0.25, -0.2) is 0 Å². The van der Waals surface area contributed by atoms with Crippen LogP contribution in [0.25, 0.3) is 0 Å². The van der Waals surface area contributed by atoms with Crippen molar-refractivity contribution in [1.29, 1.82) is 0 Å². The first-order chi connectivity index (χ1) is 8.70. The van der Waals surface area contributed by atoms with E-state index in [1.807, 2.05) is 38.2 Å². The summed E-state index contributed by atoms with van der Waals surface area (Å²) in [6.07, 6.45) is 1.76. The van der Waals surface area contributed by atoms with Crippen LogP contribution in [-0.2, 0) is 6.54 Å². The molecule has 0 aliphatic rings. The SMILES string of the molecule is CNCc1ccc(Oc2cccnc2C)c(Br)c1. The van der Waals surface area contributed by atoms with Gasteiger partial charge >= 0.3 is 0 Å². The van der Waals surface area contributed by atoms with Crippen molar-refractivity contribution in [2.75, 3.05) is 7.05 Å². The lowest BCUT2D eigenvalue weighted by molar-refractivity contribution is 0.472. The highest BCUT2D eigenvalue weighted by Crippen LogP contribution is 2.31. The van der Waals surface area contributed by atoms with Crippen molar-refractivity contribution < 1.29 is 4.74 Å². The zero-order valence-electron chi connectivity index (χ0n) is 10.4. The van der Waals surface area contributed by atoms with E-state index in [0.29, 0.717) is 0 Å². The fourth-order valence-corrected chi connectivity index (χ4v) is 2.14. The lowest BCUT2D eigenvalue weighted by atomic mass is 10.2. The number of hydrogen-bond donors (Lipinski definition) is 1.